The number of methoxy groups -OCH3 is 1. The van der Waals surface area contributed by atoms with E-state index in [4.69, 9.17) is 4.74 Å². The van der Waals surface area contributed by atoms with Crippen molar-refractivity contribution in [2.24, 2.45) is 0 Å². The molecule has 1 N–H and O–H groups in total. The first-order chi connectivity index (χ1) is 8.73. The van der Waals surface area contributed by atoms with Crippen molar-refractivity contribution in [3.05, 3.63) is 0 Å². The van der Waals surface area contributed by atoms with E-state index in [-0.39, 0.29) is 5.54 Å². The molecule has 0 aromatic rings. The number of hydrogen-bond donors (Lipinski definition) is 1. The molecule has 1 saturated heterocycles. The Morgan fingerprint density at radius 2 is 2.33 bits per heavy atom. The molecule has 18 heavy (non-hydrogen) atoms. The Balaban J connectivity index is 1.96. The maximum Gasteiger partial charge on any atom is 0.108 e. The smallest absolute Gasteiger partial charge is 0.108 e. The highest BCUT2D eigenvalue weighted by atomic mass is 16.5. The second kappa shape index (κ2) is 6.01. The number of nitrogens with one attached hydrogen (secondary N) is 1. The van der Waals surface area contributed by atoms with Gasteiger partial charge in [-0.15, -0.1) is 0 Å². The van der Waals surface area contributed by atoms with Gasteiger partial charge in [0.05, 0.1) is 12.2 Å². The Hall–Kier alpha value is -0.630. The lowest BCUT2D eigenvalue weighted by molar-refractivity contribution is 0.0874. The van der Waals surface area contributed by atoms with E-state index in [1.165, 1.54) is 6.42 Å². The van der Waals surface area contributed by atoms with Crippen LogP contribution in [0.4, 0.5) is 0 Å². The maximum atomic E-state index is 9.48. The molecule has 2 fully saturated rings. The van der Waals surface area contributed by atoms with Crippen LogP contribution in [0.5, 0.6) is 0 Å². The number of hydrogen-bond acceptors (Lipinski definition) is 4. The molecular formula is C14H25N3O. The van der Waals surface area contributed by atoms with Crippen LogP contribution >= 0.6 is 0 Å². The van der Waals surface area contributed by atoms with Crippen LogP contribution < -0.4 is 5.32 Å². The fourth-order valence-electron chi connectivity index (χ4n) is 3.48. The summed E-state index contributed by atoms with van der Waals surface area (Å²) in [5, 5.41) is 12.9. The highest BCUT2D eigenvalue weighted by molar-refractivity contribution is 5.11. The summed E-state index contributed by atoms with van der Waals surface area (Å²) in [6.45, 7) is 5.12. The van der Waals surface area contributed by atoms with Gasteiger partial charge in [0.2, 0.25) is 0 Å². The molecule has 2 rings (SSSR count). The minimum atomic E-state index is -0.289. The van der Waals surface area contributed by atoms with E-state index >= 15 is 0 Å². The van der Waals surface area contributed by atoms with Gasteiger partial charge >= 0.3 is 0 Å². The Labute approximate surface area is 110 Å². The van der Waals surface area contributed by atoms with E-state index in [9.17, 15) is 5.26 Å². The van der Waals surface area contributed by atoms with Gasteiger partial charge in [-0.1, -0.05) is 6.92 Å². The molecule has 3 unspecified atom stereocenters. The van der Waals surface area contributed by atoms with Crippen LogP contribution in [0, 0.1) is 11.3 Å². The summed E-state index contributed by atoms with van der Waals surface area (Å²) in [5.41, 5.74) is -0.289. The molecule has 2 aliphatic rings. The van der Waals surface area contributed by atoms with Gasteiger partial charge in [-0.25, -0.2) is 0 Å². The molecule has 0 radical (unpaired) electrons. The molecule has 4 nitrogen and oxygen atoms in total. The number of likely N-dealkylation sites (tertiary alicyclic amines) is 1. The van der Waals surface area contributed by atoms with Crippen LogP contribution in [0.25, 0.3) is 0 Å². The van der Waals surface area contributed by atoms with Gasteiger partial charge in [0.15, 0.2) is 0 Å². The first kappa shape index (κ1) is 13.8. The lowest BCUT2D eigenvalue weighted by Gasteiger charge is -2.40. The molecular weight excluding hydrogens is 226 g/mol. The van der Waals surface area contributed by atoms with E-state index in [1.54, 1.807) is 7.11 Å². The fourth-order valence-corrected chi connectivity index (χ4v) is 3.48. The molecule has 1 saturated carbocycles. The van der Waals surface area contributed by atoms with E-state index in [1.807, 2.05) is 0 Å². The lowest BCUT2D eigenvalue weighted by atomic mass is 9.79. The minimum Gasteiger partial charge on any atom is -0.380 e. The van der Waals surface area contributed by atoms with Crippen LogP contribution in [0.3, 0.4) is 0 Å². The second-order valence-corrected chi connectivity index (χ2v) is 5.62. The Morgan fingerprint density at radius 1 is 1.50 bits per heavy atom. The summed E-state index contributed by atoms with van der Waals surface area (Å²) >= 11 is 0. The number of nitriles is 1. The summed E-state index contributed by atoms with van der Waals surface area (Å²) in [5.74, 6) is 0. The van der Waals surface area contributed by atoms with Crippen LogP contribution in [0.2, 0.25) is 0 Å². The quantitative estimate of drug-likeness (QED) is 0.823. The van der Waals surface area contributed by atoms with Crippen molar-refractivity contribution >= 4 is 0 Å². The van der Waals surface area contributed by atoms with Gasteiger partial charge < -0.3 is 4.74 Å². The molecule has 0 bridgehead atoms. The zero-order valence-electron chi connectivity index (χ0n) is 11.6. The van der Waals surface area contributed by atoms with Gasteiger partial charge in [0.25, 0.3) is 0 Å². The Kier molecular flexibility index (Phi) is 4.60. The first-order valence-electron chi connectivity index (χ1n) is 7.16. The Morgan fingerprint density at radius 3 is 2.94 bits per heavy atom. The van der Waals surface area contributed by atoms with Gasteiger partial charge in [-0.2, -0.15) is 5.26 Å². The average Bonchev–Trinajstić information content (AvgIpc) is 2.88. The standard InChI is InChI=1S/C14H25N3O/c1-3-16-14(11-15)7-4-5-12(9-14)17-8-6-13(10-17)18-2/h12-13,16H,3-10H2,1-2H3. The van der Waals surface area contributed by atoms with Crippen molar-refractivity contribution in [3.63, 3.8) is 0 Å². The summed E-state index contributed by atoms with van der Waals surface area (Å²) in [4.78, 5) is 2.52. The topological polar surface area (TPSA) is 48.3 Å². The number of ether oxygens (including phenoxy) is 1. The largest absolute Gasteiger partial charge is 0.380 e. The normalized spacial score (nSPS) is 37.6. The van der Waals surface area contributed by atoms with Gasteiger partial charge in [-0.3, -0.25) is 10.2 Å². The number of nitrogens with zero attached hydrogens (tertiary/aromatic N) is 2. The molecule has 1 heterocycles. The zero-order chi connectivity index (χ0) is 13.0. The van der Waals surface area contributed by atoms with Crippen molar-refractivity contribution in [2.45, 2.75) is 56.7 Å². The summed E-state index contributed by atoms with van der Waals surface area (Å²) in [7, 11) is 1.80. The molecule has 0 aromatic carbocycles. The average molecular weight is 251 g/mol. The highest BCUT2D eigenvalue weighted by Crippen LogP contribution is 2.32. The van der Waals surface area contributed by atoms with E-state index in [0.29, 0.717) is 12.1 Å². The van der Waals surface area contributed by atoms with E-state index in [0.717, 1.165) is 45.3 Å². The molecule has 1 aliphatic heterocycles. The van der Waals surface area contributed by atoms with Crippen LogP contribution in [-0.2, 0) is 4.74 Å². The van der Waals surface area contributed by atoms with Crippen molar-refractivity contribution in [3.8, 4) is 6.07 Å². The third kappa shape index (κ3) is 2.85. The highest BCUT2D eigenvalue weighted by Gasteiger charge is 2.39. The second-order valence-electron chi connectivity index (χ2n) is 5.62. The monoisotopic (exact) mass is 251 g/mol. The van der Waals surface area contributed by atoms with Crippen molar-refractivity contribution in [1.82, 2.24) is 10.2 Å². The zero-order valence-corrected chi connectivity index (χ0v) is 11.6. The molecule has 0 spiro atoms. The van der Waals surface area contributed by atoms with Crippen molar-refractivity contribution in [1.29, 1.82) is 5.26 Å². The predicted molar refractivity (Wildman–Crippen MR) is 71.3 cm³/mol. The van der Waals surface area contributed by atoms with Crippen molar-refractivity contribution in [2.75, 3.05) is 26.7 Å². The van der Waals surface area contributed by atoms with Gasteiger partial charge in [-0.05, 0) is 38.6 Å². The predicted octanol–water partition coefficient (Wildman–Crippen LogP) is 1.52. The van der Waals surface area contributed by atoms with Gasteiger partial charge in [0, 0.05) is 26.2 Å². The molecule has 3 atom stereocenters. The molecule has 0 amide bonds. The van der Waals surface area contributed by atoms with E-state index < -0.39 is 0 Å². The summed E-state index contributed by atoms with van der Waals surface area (Å²) in [6, 6.07) is 3.08. The van der Waals surface area contributed by atoms with Crippen molar-refractivity contribution < 1.29 is 4.74 Å². The van der Waals surface area contributed by atoms with Gasteiger partial charge in [0.1, 0.15) is 5.54 Å². The summed E-state index contributed by atoms with van der Waals surface area (Å²) in [6.07, 6.45) is 5.87. The van der Waals surface area contributed by atoms with Crippen LogP contribution in [0.1, 0.15) is 39.0 Å². The third-order valence-corrected chi connectivity index (χ3v) is 4.48. The molecule has 4 heteroatoms. The number of rotatable bonds is 4. The minimum absolute atomic E-state index is 0.289. The van der Waals surface area contributed by atoms with Crippen LogP contribution in [0.15, 0.2) is 0 Å². The maximum absolute atomic E-state index is 9.48. The molecule has 1 aliphatic carbocycles. The Bertz CT molecular complexity index is 311. The van der Waals surface area contributed by atoms with Crippen LogP contribution in [-0.4, -0.2) is 49.3 Å². The molecule has 0 aromatic heterocycles. The SMILES string of the molecule is CCNC1(C#N)CCCC(N2CCC(OC)C2)C1. The summed E-state index contributed by atoms with van der Waals surface area (Å²) < 4.78 is 5.44. The fraction of sp³-hybridized carbons (Fsp3) is 0.929. The lowest BCUT2D eigenvalue weighted by Crippen LogP contribution is -2.52. The first-order valence-corrected chi connectivity index (χ1v) is 7.16. The van der Waals surface area contributed by atoms with E-state index in [2.05, 4.69) is 23.2 Å². The third-order valence-electron chi connectivity index (χ3n) is 4.48. The molecule has 102 valence electrons.